The first kappa shape index (κ1) is 15.0. The van der Waals surface area contributed by atoms with Gasteiger partial charge in [0.15, 0.2) is 0 Å². The summed E-state index contributed by atoms with van der Waals surface area (Å²) < 4.78 is 5.16. The van der Waals surface area contributed by atoms with Gasteiger partial charge in [-0.3, -0.25) is 0 Å². The highest BCUT2D eigenvalue weighted by Crippen LogP contribution is 2.23. The normalized spacial score (nSPS) is 11.4. The van der Waals surface area contributed by atoms with Gasteiger partial charge in [-0.1, -0.05) is 59.2 Å². The second kappa shape index (κ2) is 6.46. The number of benzene rings is 2. The van der Waals surface area contributed by atoms with Gasteiger partial charge in [0.2, 0.25) is 5.82 Å². The van der Waals surface area contributed by atoms with Crippen LogP contribution in [-0.4, -0.2) is 21.2 Å². The van der Waals surface area contributed by atoms with E-state index in [-0.39, 0.29) is 16.5 Å². The van der Waals surface area contributed by atoms with E-state index in [1.165, 1.54) is 12.1 Å². The van der Waals surface area contributed by atoms with Gasteiger partial charge < -0.3 is 9.63 Å². The summed E-state index contributed by atoms with van der Waals surface area (Å²) in [5, 5.41) is 13.0. The molecule has 0 bridgehead atoms. The number of hydrogen-bond donors (Lipinski definition) is 1. The zero-order chi connectivity index (χ0) is 16.2. The number of carbonyl (C=O) groups is 1. The highest BCUT2D eigenvalue weighted by atomic mass is 35.5. The molecule has 0 unspecified atom stereocenters. The van der Waals surface area contributed by atoms with Gasteiger partial charge in [0, 0.05) is 5.56 Å². The minimum atomic E-state index is -0.976. The Kier molecular flexibility index (Phi) is 4.21. The van der Waals surface area contributed by atoms with Crippen molar-refractivity contribution in [2.75, 3.05) is 0 Å². The lowest BCUT2D eigenvalue weighted by molar-refractivity contribution is 0.0697. The van der Waals surface area contributed by atoms with E-state index >= 15 is 0 Å². The Morgan fingerprint density at radius 2 is 1.78 bits per heavy atom. The molecular weight excluding hydrogens is 316 g/mol. The molecule has 6 heteroatoms. The summed E-state index contributed by atoms with van der Waals surface area (Å²) in [6.07, 6.45) is 1.63. The van der Waals surface area contributed by atoms with Crippen molar-refractivity contribution in [1.82, 2.24) is 10.1 Å². The van der Waals surface area contributed by atoms with Crippen LogP contribution >= 0.6 is 11.6 Å². The Bertz CT molecular complexity index is 855. The largest absolute Gasteiger partial charge is 0.478 e. The van der Waals surface area contributed by atoms with Crippen molar-refractivity contribution in [1.29, 1.82) is 0 Å². The molecule has 0 aliphatic rings. The maximum Gasteiger partial charge on any atom is 0.335 e. The zero-order valence-corrected chi connectivity index (χ0v) is 12.6. The molecule has 2 aromatic carbocycles. The number of aromatic nitrogens is 2. The van der Waals surface area contributed by atoms with Crippen molar-refractivity contribution in [2.24, 2.45) is 0 Å². The lowest BCUT2D eigenvalue weighted by atomic mass is 10.1. The Morgan fingerprint density at radius 1 is 1.09 bits per heavy atom. The summed E-state index contributed by atoms with van der Waals surface area (Å²) >= 11 is 6.19. The average Bonchev–Trinajstić information content (AvgIpc) is 3.06. The molecule has 1 aromatic heterocycles. The van der Waals surface area contributed by atoms with Crippen LogP contribution in [0.1, 0.15) is 21.8 Å². The van der Waals surface area contributed by atoms with Gasteiger partial charge in [-0.15, -0.1) is 0 Å². The fourth-order valence-corrected chi connectivity index (χ4v) is 2.16. The van der Waals surface area contributed by atoms with Gasteiger partial charge in [-0.25, -0.2) is 4.79 Å². The second-order valence-electron chi connectivity index (χ2n) is 4.71. The van der Waals surface area contributed by atoms with E-state index < -0.39 is 5.97 Å². The first-order chi connectivity index (χ1) is 11.1. The van der Waals surface area contributed by atoms with E-state index in [1.54, 1.807) is 18.2 Å². The average molecular weight is 327 g/mol. The minimum absolute atomic E-state index is 0.202. The van der Waals surface area contributed by atoms with Crippen molar-refractivity contribution in [2.45, 2.75) is 0 Å². The van der Waals surface area contributed by atoms with Gasteiger partial charge in [-0.05, 0) is 23.8 Å². The maximum absolute atomic E-state index is 10.8. The van der Waals surface area contributed by atoms with Crippen molar-refractivity contribution in [3.8, 4) is 11.4 Å². The lowest BCUT2D eigenvalue weighted by Gasteiger charge is -1.96. The first-order valence-electron chi connectivity index (χ1n) is 6.73. The van der Waals surface area contributed by atoms with Crippen LogP contribution in [0.3, 0.4) is 0 Å². The van der Waals surface area contributed by atoms with Crippen LogP contribution in [0.2, 0.25) is 0 Å². The Labute approximate surface area is 136 Å². The summed E-state index contributed by atoms with van der Waals surface area (Å²) in [6.45, 7) is 0. The van der Waals surface area contributed by atoms with Crippen LogP contribution in [0.15, 0.2) is 59.1 Å². The van der Waals surface area contributed by atoms with Gasteiger partial charge in [0.05, 0.1) is 5.56 Å². The maximum atomic E-state index is 10.8. The fraction of sp³-hybridized carbons (Fsp3) is 0. The standard InChI is InChI=1S/C17H11ClN2O3/c18-14(10-11-6-8-13(9-7-11)17(21)22)16-19-15(20-23-16)12-4-2-1-3-5-12/h1-10H,(H,21,22). The summed E-state index contributed by atoms with van der Waals surface area (Å²) in [5.41, 5.74) is 1.78. The first-order valence-corrected chi connectivity index (χ1v) is 7.11. The highest BCUT2D eigenvalue weighted by Gasteiger charge is 2.11. The van der Waals surface area contributed by atoms with E-state index in [2.05, 4.69) is 10.1 Å². The van der Waals surface area contributed by atoms with E-state index in [1.807, 2.05) is 30.3 Å². The summed E-state index contributed by atoms with van der Waals surface area (Å²) in [4.78, 5) is 15.1. The van der Waals surface area contributed by atoms with E-state index in [4.69, 9.17) is 21.2 Å². The molecule has 114 valence electrons. The van der Waals surface area contributed by atoms with Crippen LogP contribution in [0, 0.1) is 0 Å². The summed E-state index contributed by atoms with van der Waals surface area (Å²) in [6, 6.07) is 15.7. The molecule has 0 atom stereocenters. The molecule has 0 amide bonds. The molecule has 3 aromatic rings. The Balaban J connectivity index is 1.84. The number of carboxylic acid groups (broad SMARTS) is 1. The number of hydrogen-bond acceptors (Lipinski definition) is 4. The van der Waals surface area contributed by atoms with Crippen LogP contribution in [0.25, 0.3) is 22.5 Å². The smallest absolute Gasteiger partial charge is 0.335 e. The summed E-state index contributed by atoms with van der Waals surface area (Å²) in [7, 11) is 0. The number of halogens is 1. The number of aromatic carboxylic acids is 1. The van der Waals surface area contributed by atoms with Crippen molar-refractivity contribution >= 4 is 28.7 Å². The molecule has 0 fully saturated rings. The van der Waals surface area contributed by atoms with E-state index in [0.29, 0.717) is 5.82 Å². The molecule has 0 saturated carbocycles. The predicted molar refractivity (Wildman–Crippen MR) is 86.9 cm³/mol. The zero-order valence-electron chi connectivity index (χ0n) is 11.8. The van der Waals surface area contributed by atoms with Crippen LogP contribution in [0.5, 0.6) is 0 Å². The molecule has 3 rings (SSSR count). The molecule has 0 aliphatic heterocycles. The SMILES string of the molecule is O=C(O)c1ccc(C=C(Cl)c2nc(-c3ccccc3)no2)cc1. The fourth-order valence-electron chi connectivity index (χ4n) is 1.95. The van der Waals surface area contributed by atoms with Gasteiger partial charge in [-0.2, -0.15) is 4.98 Å². The molecular formula is C17H11ClN2O3. The minimum Gasteiger partial charge on any atom is -0.478 e. The number of carboxylic acids is 1. The molecule has 0 aliphatic carbocycles. The predicted octanol–water partition coefficient (Wildman–Crippen LogP) is 4.17. The third kappa shape index (κ3) is 3.46. The summed E-state index contributed by atoms with van der Waals surface area (Å²) in [5.74, 6) is -0.322. The molecule has 0 saturated heterocycles. The number of rotatable bonds is 4. The molecule has 1 heterocycles. The monoisotopic (exact) mass is 326 g/mol. The third-order valence-corrected chi connectivity index (χ3v) is 3.38. The van der Waals surface area contributed by atoms with E-state index in [9.17, 15) is 4.79 Å². The molecule has 1 N–H and O–H groups in total. The molecule has 5 nitrogen and oxygen atoms in total. The lowest BCUT2D eigenvalue weighted by Crippen LogP contribution is -1.94. The molecule has 0 spiro atoms. The van der Waals surface area contributed by atoms with Gasteiger partial charge >= 0.3 is 5.97 Å². The van der Waals surface area contributed by atoms with Gasteiger partial charge in [0.1, 0.15) is 5.03 Å². The van der Waals surface area contributed by atoms with Crippen LogP contribution in [-0.2, 0) is 0 Å². The molecule has 23 heavy (non-hydrogen) atoms. The Morgan fingerprint density at radius 3 is 2.43 bits per heavy atom. The quantitative estimate of drug-likeness (QED) is 0.778. The molecule has 0 radical (unpaired) electrons. The van der Waals surface area contributed by atoms with Crippen LogP contribution < -0.4 is 0 Å². The second-order valence-corrected chi connectivity index (χ2v) is 5.12. The van der Waals surface area contributed by atoms with Crippen molar-refractivity contribution in [3.05, 3.63) is 71.6 Å². The highest BCUT2D eigenvalue weighted by molar-refractivity contribution is 6.50. The Hall–Kier alpha value is -2.92. The van der Waals surface area contributed by atoms with Crippen molar-refractivity contribution < 1.29 is 14.4 Å². The topological polar surface area (TPSA) is 76.2 Å². The van der Waals surface area contributed by atoms with Gasteiger partial charge in [0.25, 0.3) is 5.89 Å². The van der Waals surface area contributed by atoms with Crippen LogP contribution in [0.4, 0.5) is 0 Å². The third-order valence-electron chi connectivity index (χ3n) is 3.11. The number of nitrogens with zero attached hydrogens (tertiary/aromatic N) is 2. The van der Waals surface area contributed by atoms with Crippen molar-refractivity contribution in [3.63, 3.8) is 0 Å². The van der Waals surface area contributed by atoms with E-state index in [0.717, 1.165) is 11.1 Å².